The van der Waals surface area contributed by atoms with Crippen LogP contribution in [0.5, 0.6) is 0 Å². The number of nitrogens with one attached hydrogen (secondary N) is 1. The molecule has 0 aliphatic heterocycles. The van der Waals surface area contributed by atoms with E-state index in [9.17, 15) is 4.79 Å². The Bertz CT molecular complexity index is 305. The minimum atomic E-state index is 0.676. The molecule has 0 aliphatic rings. The highest BCUT2D eigenvalue weighted by molar-refractivity contribution is 5.80. The summed E-state index contributed by atoms with van der Waals surface area (Å²) in [5, 5.41) is 2.64. The van der Waals surface area contributed by atoms with Crippen molar-refractivity contribution >= 4 is 18.2 Å². The van der Waals surface area contributed by atoms with Crippen LogP contribution in [0.25, 0.3) is 6.08 Å². The number of carbonyl (C=O) groups excluding carboxylic acids is 1. The van der Waals surface area contributed by atoms with Gasteiger partial charge in [0.15, 0.2) is 0 Å². The Hall–Kier alpha value is -1.57. The summed E-state index contributed by atoms with van der Waals surface area (Å²) in [7, 11) is 0. The van der Waals surface area contributed by atoms with Crippen LogP contribution in [0.2, 0.25) is 0 Å². The zero-order valence-electron chi connectivity index (χ0n) is 7.00. The Morgan fingerprint density at radius 1 is 1.50 bits per heavy atom. The lowest BCUT2D eigenvalue weighted by Crippen LogP contribution is -1.98. The van der Waals surface area contributed by atoms with Crippen LogP contribution in [0.3, 0.4) is 0 Å². The van der Waals surface area contributed by atoms with E-state index in [0.29, 0.717) is 6.41 Å². The summed E-state index contributed by atoms with van der Waals surface area (Å²) in [6.45, 7) is 5.60. The van der Waals surface area contributed by atoms with Crippen molar-refractivity contribution < 1.29 is 4.79 Å². The van der Waals surface area contributed by atoms with Gasteiger partial charge < -0.3 is 5.32 Å². The Labute approximate surface area is 71.9 Å². The molecule has 1 aromatic rings. The van der Waals surface area contributed by atoms with Gasteiger partial charge in [-0.25, -0.2) is 0 Å². The third kappa shape index (κ3) is 1.53. The summed E-state index contributed by atoms with van der Waals surface area (Å²) in [6.07, 6.45) is 2.40. The van der Waals surface area contributed by atoms with Gasteiger partial charge in [0.05, 0.1) is 5.69 Å². The number of amides is 1. The van der Waals surface area contributed by atoms with Gasteiger partial charge in [0, 0.05) is 0 Å². The third-order valence-corrected chi connectivity index (χ3v) is 1.73. The van der Waals surface area contributed by atoms with Crippen LogP contribution in [0.4, 0.5) is 5.69 Å². The number of benzene rings is 1. The van der Waals surface area contributed by atoms with Gasteiger partial charge in [-0.3, -0.25) is 4.79 Å². The third-order valence-electron chi connectivity index (χ3n) is 1.73. The lowest BCUT2D eigenvalue weighted by atomic mass is 10.1. The second-order valence-corrected chi connectivity index (χ2v) is 2.51. The summed E-state index contributed by atoms with van der Waals surface area (Å²) in [5.41, 5.74) is 2.82. The second-order valence-electron chi connectivity index (χ2n) is 2.51. The zero-order chi connectivity index (χ0) is 8.97. The number of carbonyl (C=O) groups is 1. The molecule has 0 radical (unpaired) electrons. The van der Waals surface area contributed by atoms with E-state index in [1.54, 1.807) is 6.08 Å². The number of aryl methyl sites for hydroxylation is 1. The molecular formula is C10H11NO. The Morgan fingerprint density at radius 3 is 2.83 bits per heavy atom. The highest BCUT2D eigenvalue weighted by Crippen LogP contribution is 2.20. The standard InChI is InChI=1S/C10H11NO/c1-3-9-6-4-5-8(2)10(9)11-7-12/h3-7H,1H2,2H3,(H,11,12). The molecule has 62 valence electrons. The summed E-state index contributed by atoms with van der Waals surface area (Å²) < 4.78 is 0. The molecule has 0 fully saturated rings. The van der Waals surface area contributed by atoms with E-state index in [1.165, 1.54) is 0 Å². The molecule has 0 saturated carbocycles. The maximum absolute atomic E-state index is 10.2. The summed E-state index contributed by atoms with van der Waals surface area (Å²) in [6, 6.07) is 5.78. The maximum Gasteiger partial charge on any atom is 0.211 e. The van der Waals surface area contributed by atoms with E-state index < -0.39 is 0 Å². The van der Waals surface area contributed by atoms with Crippen LogP contribution in [-0.4, -0.2) is 6.41 Å². The van der Waals surface area contributed by atoms with Gasteiger partial charge in [0.2, 0.25) is 6.41 Å². The molecule has 12 heavy (non-hydrogen) atoms. The molecule has 0 heterocycles. The first-order valence-corrected chi connectivity index (χ1v) is 3.72. The first-order valence-electron chi connectivity index (χ1n) is 3.72. The quantitative estimate of drug-likeness (QED) is 0.676. The molecule has 0 unspecified atom stereocenters. The van der Waals surface area contributed by atoms with E-state index in [0.717, 1.165) is 16.8 Å². The summed E-state index contributed by atoms with van der Waals surface area (Å²) >= 11 is 0. The van der Waals surface area contributed by atoms with Crippen LogP contribution in [-0.2, 0) is 4.79 Å². The molecule has 2 nitrogen and oxygen atoms in total. The van der Waals surface area contributed by atoms with E-state index in [1.807, 2.05) is 25.1 Å². The highest BCUT2D eigenvalue weighted by Gasteiger charge is 1.99. The molecule has 1 amide bonds. The molecule has 0 spiro atoms. The number of anilines is 1. The predicted octanol–water partition coefficient (Wildman–Crippen LogP) is 2.21. The molecule has 0 aromatic heterocycles. The Morgan fingerprint density at radius 2 is 2.25 bits per heavy atom. The topological polar surface area (TPSA) is 29.1 Å². The lowest BCUT2D eigenvalue weighted by molar-refractivity contribution is -0.105. The molecule has 1 rings (SSSR count). The Kier molecular flexibility index (Phi) is 2.64. The van der Waals surface area contributed by atoms with Crippen LogP contribution >= 0.6 is 0 Å². The highest BCUT2D eigenvalue weighted by atomic mass is 16.1. The van der Waals surface area contributed by atoms with Gasteiger partial charge in [0.1, 0.15) is 0 Å². The van der Waals surface area contributed by atoms with Crippen molar-refractivity contribution in [2.75, 3.05) is 5.32 Å². The van der Waals surface area contributed by atoms with Crippen LogP contribution in [0.15, 0.2) is 24.8 Å². The fourth-order valence-electron chi connectivity index (χ4n) is 1.12. The number of para-hydroxylation sites is 1. The van der Waals surface area contributed by atoms with Crippen molar-refractivity contribution in [1.82, 2.24) is 0 Å². The van der Waals surface area contributed by atoms with Crippen molar-refractivity contribution in [3.8, 4) is 0 Å². The SMILES string of the molecule is C=Cc1cccc(C)c1NC=O. The van der Waals surface area contributed by atoms with Gasteiger partial charge in [-0.1, -0.05) is 30.9 Å². The molecule has 0 aliphatic carbocycles. The average Bonchev–Trinajstić information content (AvgIpc) is 2.09. The first-order chi connectivity index (χ1) is 5.79. The van der Waals surface area contributed by atoms with Crippen molar-refractivity contribution in [2.45, 2.75) is 6.92 Å². The van der Waals surface area contributed by atoms with E-state index in [-0.39, 0.29) is 0 Å². The maximum atomic E-state index is 10.2. The van der Waals surface area contributed by atoms with E-state index in [4.69, 9.17) is 0 Å². The van der Waals surface area contributed by atoms with Gasteiger partial charge in [0.25, 0.3) is 0 Å². The second kappa shape index (κ2) is 3.72. The molecule has 0 bridgehead atoms. The number of hydrogen-bond acceptors (Lipinski definition) is 1. The lowest BCUT2D eigenvalue weighted by Gasteiger charge is -2.06. The van der Waals surface area contributed by atoms with Crippen molar-refractivity contribution in [3.05, 3.63) is 35.9 Å². The van der Waals surface area contributed by atoms with E-state index >= 15 is 0 Å². The molecule has 1 aromatic carbocycles. The van der Waals surface area contributed by atoms with Crippen molar-refractivity contribution in [3.63, 3.8) is 0 Å². The minimum absolute atomic E-state index is 0.676. The molecule has 2 heteroatoms. The van der Waals surface area contributed by atoms with Gasteiger partial charge >= 0.3 is 0 Å². The normalized spacial score (nSPS) is 9.08. The fraction of sp³-hybridized carbons (Fsp3) is 0.100. The van der Waals surface area contributed by atoms with Crippen molar-refractivity contribution in [2.24, 2.45) is 0 Å². The summed E-state index contributed by atoms with van der Waals surface area (Å²) in [5.74, 6) is 0. The molecular weight excluding hydrogens is 150 g/mol. The van der Waals surface area contributed by atoms with Gasteiger partial charge in [-0.15, -0.1) is 0 Å². The van der Waals surface area contributed by atoms with Crippen LogP contribution in [0.1, 0.15) is 11.1 Å². The predicted molar refractivity (Wildman–Crippen MR) is 51.0 cm³/mol. The number of hydrogen-bond donors (Lipinski definition) is 1. The van der Waals surface area contributed by atoms with Crippen molar-refractivity contribution in [1.29, 1.82) is 0 Å². The van der Waals surface area contributed by atoms with E-state index in [2.05, 4.69) is 11.9 Å². The monoisotopic (exact) mass is 161 g/mol. The zero-order valence-corrected chi connectivity index (χ0v) is 7.00. The fourth-order valence-corrected chi connectivity index (χ4v) is 1.12. The molecule has 0 saturated heterocycles. The molecule has 0 atom stereocenters. The molecule has 1 N–H and O–H groups in total. The summed E-state index contributed by atoms with van der Waals surface area (Å²) in [4.78, 5) is 10.2. The first kappa shape index (κ1) is 8.53. The van der Waals surface area contributed by atoms with Crippen LogP contribution < -0.4 is 5.32 Å². The van der Waals surface area contributed by atoms with Gasteiger partial charge in [-0.05, 0) is 18.1 Å². The minimum Gasteiger partial charge on any atom is -0.328 e. The van der Waals surface area contributed by atoms with Crippen LogP contribution in [0, 0.1) is 6.92 Å². The largest absolute Gasteiger partial charge is 0.328 e. The Balaban J connectivity index is 3.18. The average molecular weight is 161 g/mol. The van der Waals surface area contributed by atoms with Gasteiger partial charge in [-0.2, -0.15) is 0 Å². The smallest absolute Gasteiger partial charge is 0.211 e. The number of rotatable bonds is 3.